The molecule has 0 bridgehead atoms. The van der Waals surface area contributed by atoms with Crippen LogP contribution in [-0.4, -0.2) is 44.4 Å². The number of methoxy groups -OCH3 is 4. The molecule has 4 rings (SSSR count). The molecule has 3 N–H and O–H groups in total. The maximum atomic E-state index is 12.7. The summed E-state index contributed by atoms with van der Waals surface area (Å²) in [4.78, 5) is 15.9. The van der Waals surface area contributed by atoms with E-state index >= 15 is 0 Å². The monoisotopic (exact) mass is 500 g/mol. The minimum Gasteiger partial charge on any atom is -0.504 e. The second-order valence-corrected chi connectivity index (χ2v) is 8.03. The number of aromatic hydroxyl groups is 1. The number of hydrogen-bond donors (Lipinski definition) is 3. The van der Waals surface area contributed by atoms with Gasteiger partial charge in [0.25, 0.3) is 0 Å². The lowest BCUT2D eigenvalue weighted by Gasteiger charge is -2.13. The van der Waals surface area contributed by atoms with E-state index in [1.165, 1.54) is 13.2 Å². The number of benzene rings is 3. The SMILES string of the molecule is COc1cc(/C=C/c2cc(O)c(OC)c(NC(=O)/C=C/c3c[nH]c4ccccc34)c2)cc(OC)c1OC. The first-order chi connectivity index (χ1) is 18.0. The number of para-hydroxylation sites is 1. The smallest absolute Gasteiger partial charge is 0.248 e. The van der Waals surface area contributed by atoms with Crippen LogP contribution in [0.2, 0.25) is 0 Å². The Morgan fingerprint density at radius 1 is 0.838 bits per heavy atom. The van der Waals surface area contributed by atoms with Gasteiger partial charge in [-0.15, -0.1) is 0 Å². The number of rotatable bonds is 9. The summed E-state index contributed by atoms with van der Waals surface area (Å²) in [7, 11) is 6.07. The molecule has 0 saturated heterocycles. The van der Waals surface area contributed by atoms with Crippen LogP contribution >= 0.6 is 0 Å². The van der Waals surface area contributed by atoms with Gasteiger partial charge in [-0.2, -0.15) is 0 Å². The van der Waals surface area contributed by atoms with E-state index in [0.717, 1.165) is 22.0 Å². The van der Waals surface area contributed by atoms with Crippen LogP contribution in [0, 0.1) is 0 Å². The quantitative estimate of drug-likeness (QED) is 0.200. The number of ether oxygens (including phenoxy) is 4. The van der Waals surface area contributed by atoms with Crippen molar-refractivity contribution in [3.05, 3.63) is 77.5 Å². The van der Waals surface area contributed by atoms with Crippen molar-refractivity contribution in [1.29, 1.82) is 0 Å². The van der Waals surface area contributed by atoms with Crippen molar-refractivity contribution in [2.75, 3.05) is 33.8 Å². The van der Waals surface area contributed by atoms with Crippen LogP contribution < -0.4 is 24.3 Å². The van der Waals surface area contributed by atoms with Crippen molar-refractivity contribution in [3.63, 3.8) is 0 Å². The Morgan fingerprint density at radius 2 is 1.49 bits per heavy atom. The van der Waals surface area contributed by atoms with E-state index in [0.29, 0.717) is 28.5 Å². The first-order valence-corrected chi connectivity index (χ1v) is 11.4. The van der Waals surface area contributed by atoms with Crippen molar-refractivity contribution in [1.82, 2.24) is 4.98 Å². The number of phenols is 1. The molecule has 0 aliphatic rings. The number of fused-ring (bicyclic) bond motifs is 1. The lowest BCUT2D eigenvalue weighted by molar-refractivity contribution is -0.111. The Hall–Kier alpha value is -4.85. The van der Waals surface area contributed by atoms with Gasteiger partial charge in [-0.1, -0.05) is 30.4 Å². The number of phenolic OH excluding ortho intramolecular Hbond substituents is 1. The zero-order chi connectivity index (χ0) is 26.4. The third-order valence-corrected chi connectivity index (χ3v) is 5.74. The number of H-pyrrole nitrogens is 1. The number of carbonyl (C=O) groups excluding carboxylic acids is 1. The highest BCUT2D eigenvalue weighted by atomic mass is 16.5. The summed E-state index contributed by atoms with van der Waals surface area (Å²) in [6, 6.07) is 14.7. The molecule has 190 valence electrons. The van der Waals surface area contributed by atoms with Crippen LogP contribution in [0.3, 0.4) is 0 Å². The number of anilines is 1. The normalized spacial score (nSPS) is 11.2. The molecule has 0 aliphatic heterocycles. The second-order valence-electron chi connectivity index (χ2n) is 8.03. The van der Waals surface area contributed by atoms with Crippen molar-refractivity contribution in [2.45, 2.75) is 0 Å². The molecule has 1 amide bonds. The van der Waals surface area contributed by atoms with Crippen LogP contribution in [0.15, 0.2) is 60.8 Å². The van der Waals surface area contributed by atoms with Gasteiger partial charge in [-0.25, -0.2) is 0 Å². The number of hydrogen-bond acceptors (Lipinski definition) is 6. The molecule has 0 aliphatic carbocycles. The van der Waals surface area contributed by atoms with E-state index in [1.807, 2.05) is 36.5 Å². The first-order valence-electron chi connectivity index (χ1n) is 11.4. The molecule has 1 heterocycles. The van der Waals surface area contributed by atoms with Gasteiger partial charge >= 0.3 is 0 Å². The number of amides is 1. The summed E-state index contributed by atoms with van der Waals surface area (Å²) in [5.74, 6) is 1.23. The van der Waals surface area contributed by atoms with Gasteiger partial charge < -0.3 is 34.4 Å². The fraction of sp³-hybridized carbons (Fsp3) is 0.138. The summed E-state index contributed by atoms with van der Waals surface area (Å²) in [6.45, 7) is 0. The van der Waals surface area contributed by atoms with Gasteiger partial charge in [0.15, 0.2) is 23.0 Å². The predicted molar refractivity (Wildman–Crippen MR) is 146 cm³/mol. The van der Waals surface area contributed by atoms with Gasteiger partial charge in [0, 0.05) is 23.2 Å². The maximum absolute atomic E-state index is 12.7. The average Bonchev–Trinajstić information content (AvgIpc) is 3.33. The van der Waals surface area contributed by atoms with E-state index in [9.17, 15) is 9.90 Å². The van der Waals surface area contributed by atoms with Gasteiger partial charge in [0.05, 0.1) is 34.1 Å². The molecule has 4 aromatic rings. The van der Waals surface area contributed by atoms with Crippen LogP contribution in [0.1, 0.15) is 16.7 Å². The van der Waals surface area contributed by atoms with Crippen LogP contribution in [0.4, 0.5) is 5.69 Å². The van der Waals surface area contributed by atoms with E-state index in [1.54, 1.807) is 57.7 Å². The van der Waals surface area contributed by atoms with E-state index < -0.39 is 0 Å². The number of aromatic amines is 1. The highest BCUT2D eigenvalue weighted by molar-refractivity contribution is 6.04. The molecule has 8 nitrogen and oxygen atoms in total. The molecular weight excluding hydrogens is 472 g/mol. The highest BCUT2D eigenvalue weighted by Gasteiger charge is 2.14. The minimum atomic E-state index is -0.367. The summed E-state index contributed by atoms with van der Waals surface area (Å²) in [5.41, 5.74) is 3.64. The minimum absolute atomic E-state index is 0.106. The lowest BCUT2D eigenvalue weighted by atomic mass is 10.1. The first kappa shape index (κ1) is 25.2. The Balaban J connectivity index is 1.58. The maximum Gasteiger partial charge on any atom is 0.248 e. The lowest BCUT2D eigenvalue weighted by Crippen LogP contribution is -2.09. The van der Waals surface area contributed by atoms with Crippen molar-refractivity contribution >= 4 is 40.7 Å². The Morgan fingerprint density at radius 3 is 2.14 bits per heavy atom. The van der Waals surface area contributed by atoms with Gasteiger partial charge in [0.1, 0.15) is 0 Å². The fourth-order valence-electron chi connectivity index (χ4n) is 4.00. The molecular formula is C29H28N2O6. The topological polar surface area (TPSA) is 102 Å². The molecule has 37 heavy (non-hydrogen) atoms. The molecule has 0 radical (unpaired) electrons. The van der Waals surface area contributed by atoms with Gasteiger partial charge in [-0.05, 0) is 53.1 Å². The summed E-state index contributed by atoms with van der Waals surface area (Å²) < 4.78 is 21.5. The largest absolute Gasteiger partial charge is 0.504 e. The van der Waals surface area contributed by atoms with Gasteiger partial charge in [0.2, 0.25) is 11.7 Å². The molecule has 1 aromatic heterocycles. The zero-order valence-electron chi connectivity index (χ0n) is 21.0. The van der Waals surface area contributed by atoms with Crippen molar-refractivity contribution in [2.24, 2.45) is 0 Å². The summed E-state index contributed by atoms with van der Waals surface area (Å²) in [6.07, 6.45) is 8.63. The van der Waals surface area contributed by atoms with E-state index in [2.05, 4.69) is 10.3 Å². The third kappa shape index (κ3) is 5.54. The zero-order valence-corrected chi connectivity index (χ0v) is 21.0. The third-order valence-electron chi connectivity index (χ3n) is 5.74. The molecule has 3 aromatic carbocycles. The van der Waals surface area contributed by atoms with Crippen LogP contribution in [0.25, 0.3) is 29.1 Å². The number of aromatic nitrogens is 1. The summed E-state index contributed by atoms with van der Waals surface area (Å²) in [5, 5.41) is 14.3. The van der Waals surface area contributed by atoms with E-state index in [-0.39, 0.29) is 17.4 Å². The molecule has 0 fully saturated rings. The molecule has 0 atom stereocenters. The molecule has 0 saturated carbocycles. The van der Waals surface area contributed by atoms with Crippen molar-refractivity contribution < 1.29 is 28.8 Å². The molecule has 8 heteroatoms. The Bertz CT molecular complexity index is 1460. The molecule has 0 unspecified atom stereocenters. The second kappa shape index (κ2) is 11.3. The van der Waals surface area contributed by atoms with Gasteiger partial charge in [-0.3, -0.25) is 4.79 Å². The predicted octanol–water partition coefficient (Wildman–Crippen LogP) is 5.73. The van der Waals surface area contributed by atoms with Crippen LogP contribution in [-0.2, 0) is 4.79 Å². The number of carbonyl (C=O) groups is 1. The van der Waals surface area contributed by atoms with Crippen LogP contribution in [0.5, 0.6) is 28.7 Å². The highest BCUT2D eigenvalue weighted by Crippen LogP contribution is 2.39. The van der Waals surface area contributed by atoms with Crippen molar-refractivity contribution in [3.8, 4) is 28.7 Å². The standard InChI is InChI=1S/C29H28N2O6/c1-34-25-15-19(16-26(35-2)29(25)37-4)10-9-18-13-23(28(36-3)24(32)14-18)31-27(33)12-11-20-17-30-22-8-6-5-7-21(20)22/h5-17,30,32H,1-4H3,(H,31,33)/b10-9+,12-11+. The van der Waals surface area contributed by atoms with E-state index in [4.69, 9.17) is 18.9 Å². The molecule has 0 spiro atoms. The number of nitrogens with one attached hydrogen (secondary N) is 2. The summed E-state index contributed by atoms with van der Waals surface area (Å²) >= 11 is 0. The Labute approximate surface area is 214 Å². The Kier molecular flexibility index (Phi) is 7.68. The average molecular weight is 501 g/mol. The fourth-order valence-corrected chi connectivity index (χ4v) is 4.00.